The number of imidazole rings is 1. The highest BCUT2D eigenvalue weighted by atomic mass is 31.2. The SMILES string of the molecule is BNc1ncnc2nc3c(cc12)ncn3C[C@@H](COC(c1ccccc1)(c1ccc(OC)cc1)c1ccc(OC)cc1)OP(OCCC#N)N(C(C)C)C(C)C. The third kappa shape index (κ3) is 8.78. The maximum Gasteiger partial charge on any atom is 0.259 e. The number of fused-ring (bicyclic) bond motifs is 2. The Kier molecular flexibility index (Phi) is 13.5. The van der Waals surface area contributed by atoms with E-state index in [0.717, 1.165) is 33.6 Å². The quantitative estimate of drug-likeness (QED) is 0.0391. The fourth-order valence-corrected chi connectivity index (χ4v) is 8.53. The Hall–Kier alpha value is -5.16. The van der Waals surface area contributed by atoms with Crippen LogP contribution in [-0.4, -0.2) is 82.8 Å². The number of nitrogens with one attached hydrogen (secondary N) is 1. The molecule has 0 saturated heterocycles. The van der Waals surface area contributed by atoms with E-state index in [2.05, 4.69) is 65.8 Å². The highest BCUT2D eigenvalue weighted by molar-refractivity contribution is 7.44. The standard InChI is InChI=1S/C41H48BN8O5P/c1-28(2)50(29(3)4)56(54-22-10-21-43)55-35(24-49-27-46-37-23-36-38(47-40(37)49)44-26-45-39(36)48-42)25-53-41(30-11-8-7-9-12-30,31-13-17-33(51-5)18-14-31)32-15-19-34(52-6)20-16-32/h7-9,11-20,23,26-29,35H,10,22,24-25,42H2,1-6H3,(H,44,45,47,48)/t35-,56?/m0/s1. The Morgan fingerprint density at radius 1 is 0.875 bits per heavy atom. The average Bonchev–Trinajstić information content (AvgIpc) is 3.61. The number of methoxy groups -OCH3 is 2. The zero-order valence-electron chi connectivity index (χ0n) is 32.9. The van der Waals surface area contributed by atoms with Gasteiger partial charge in [-0.1, -0.05) is 54.6 Å². The summed E-state index contributed by atoms with van der Waals surface area (Å²) in [6.45, 7) is 9.13. The number of aromatic nitrogens is 5. The number of ether oxygens (including phenoxy) is 3. The Morgan fingerprint density at radius 2 is 1.50 bits per heavy atom. The molecule has 13 nitrogen and oxygen atoms in total. The van der Waals surface area contributed by atoms with E-state index in [1.807, 2.05) is 85.3 Å². The van der Waals surface area contributed by atoms with Crippen molar-refractivity contribution in [1.82, 2.24) is 29.2 Å². The van der Waals surface area contributed by atoms with Crippen molar-refractivity contribution in [2.45, 2.75) is 64.4 Å². The third-order valence-electron chi connectivity index (χ3n) is 9.39. The summed E-state index contributed by atoms with van der Waals surface area (Å²) in [7, 11) is 3.47. The first-order valence-electron chi connectivity index (χ1n) is 18.6. The molecule has 0 radical (unpaired) electrons. The highest BCUT2D eigenvalue weighted by Crippen LogP contribution is 2.48. The van der Waals surface area contributed by atoms with Crippen molar-refractivity contribution in [3.8, 4) is 17.6 Å². The van der Waals surface area contributed by atoms with Gasteiger partial charge in [0.2, 0.25) is 7.98 Å². The molecule has 0 aliphatic carbocycles. The van der Waals surface area contributed by atoms with Crippen LogP contribution in [0.2, 0.25) is 0 Å². The van der Waals surface area contributed by atoms with Crippen LogP contribution >= 0.6 is 8.53 Å². The molecule has 0 spiro atoms. The topological polar surface area (TPSA) is 142 Å². The van der Waals surface area contributed by atoms with Gasteiger partial charge < -0.3 is 33.1 Å². The maximum atomic E-state index is 9.42. The van der Waals surface area contributed by atoms with Crippen LogP contribution in [0, 0.1) is 11.3 Å². The number of hydrogen-bond donors (Lipinski definition) is 1. The summed E-state index contributed by atoms with van der Waals surface area (Å²) in [5.74, 6) is 2.13. The lowest BCUT2D eigenvalue weighted by Crippen LogP contribution is -2.39. The summed E-state index contributed by atoms with van der Waals surface area (Å²) >= 11 is 0. The molecular formula is C41H48BN8O5P. The van der Waals surface area contributed by atoms with Crippen molar-refractivity contribution in [1.29, 1.82) is 5.26 Å². The summed E-state index contributed by atoms with van der Waals surface area (Å²) < 4.78 is 36.2. The zero-order valence-corrected chi connectivity index (χ0v) is 33.8. The monoisotopic (exact) mass is 774 g/mol. The Labute approximate surface area is 330 Å². The van der Waals surface area contributed by atoms with Gasteiger partial charge in [0.1, 0.15) is 40.9 Å². The van der Waals surface area contributed by atoms with Crippen LogP contribution in [0.1, 0.15) is 50.8 Å². The lowest BCUT2D eigenvalue weighted by atomic mass is 9.80. The minimum Gasteiger partial charge on any atom is -0.497 e. The summed E-state index contributed by atoms with van der Waals surface area (Å²) in [6.07, 6.45) is 2.90. The molecule has 3 heterocycles. The molecule has 15 heteroatoms. The number of benzene rings is 3. The first-order chi connectivity index (χ1) is 27.2. The van der Waals surface area contributed by atoms with E-state index in [1.165, 1.54) is 6.33 Å². The van der Waals surface area contributed by atoms with Crippen molar-refractivity contribution < 1.29 is 23.3 Å². The second kappa shape index (κ2) is 18.7. The molecule has 0 fully saturated rings. The van der Waals surface area contributed by atoms with E-state index in [4.69, 9.17) is 33.2 Å². The molecule has 6 aromatic rings. The van der Waals surface area contributed by atoms with Gasteiger partial charge in [-0.15, -0.1) is 0 Å². The second-order valence-corrected chi connectivity index (χ2v) is 15.1. The molecule has 0 amide bonds. The first kappa shape index (κ1) is 40.5. The van der Waals surface area contributed by atoms with Gasteiger partial charge in [-0.25, -0.2) is 24.6 Å². The van der Waals surface area contributed by atoms with Gasteiger partial charge in [-0.2, -0.15) is 5.26 Å². The smallest absolute Gasteiger partial charge is 0.259 e. The number of nitrogens with zero attached hydrogens (tertiary/aromatic N) is 7. The first-order valence-corrected chi connectivity index (χ1v) is 19.7. The molecule has 0 aliphatic rings. The molecule has 56 heavy (non-hydrogen) atoms. The minimum atomic E-state index is -1.65. The molecular weight excluding hydrogens is 726 g/mol. The van der Waals surface area contributed by atoms with E-state index in [1.54, 1.807) is 20.5 Å². The largest absolute Gasteiger partial charge is 0.497 e. The Balaban J connectivity index is 1.48. The van der Waals surface area contributed by atoms with E-state index in [-0.39, 0.29) is 31.7 Å². The molecule has 3 aromatic carbocycles. The molecule has 290 valence electrons. The van der Waals surface area contributed by atoms with Crippen molar-refractivity contribution in [2.24, 2.45) is 0 Å². The summed E-state index contributed by atoms with van der Waals surface area (Å²) in [5.41, 5.74) is 3.51. The van der Waals surface area contributed by atoms with Crippen LogP contribution in [-0.2, 0) is 25.9 Å². The summed E-state index contributed by atoms with van der Waals surface area (Å²) in [4.78, 5) is 18.5. The fourth-order valence-electron chi connectivity index (χ4n) is 6.84. The number of pyridine rings is 1. The molecule has 6 rings (SSSR count). The fraction of sp³-hybridized carbons (Fsp3) is 0.341. The lowest BCUT2D eigenvalue weighted by molar-refractivity contribution is -0.0381. The van der Waals surface area contributed by atoms with Gasteiger partial charge in [0.25, 0.3) is 8.53 Å². The van der Waals surface area contributed by atoms with Gasteiger partial charge in [0.15, 0.2) is 11.3 Å². The predicted molar refractivity (Wildman–Crippen MR) is 221 cm³/mol. The van der Waals surface area contributed by atoms with Crippen LogP contribution in [0.4, 0.5) is 5.82 Å². The molecule has 3 aromatic heterocycles. The number of rotatable bonds is 19. The molecule has 1 N–H and O–H groups in total. The normalized spacial score (nSPS) is 13.0. The van der Waals surface area contributed by atoms with Crippen LogP contribution in [0.15, 0.2) is 97.6 Å². The Bertz CT molecular complexity index is 2160. The highest BCUT2D eigenvalue weighted by Gasteiger charge is 2.40. The van der Waals surface area contributed by atoms with E-state index < -0.39 is 20.2 Å². The van der Waals surface area contributed by atoms with Gasteiger partial charge >= 0.3 is 0 Å². The van der Waals surface area contributed by atoms with Gasteiger partial charge in [0.05, 0.1) is 58.2 Å². The van der Waals surface area contributed by atoms with Crippen molar-refractivity contribution >= 4 is 44.5 Å². The second-order valence-electron chi connectivity index (χ2n) is 13.7. The van der Waals surface area contributed by atoms with Gasteiger partial charge in [0, 0.05) is 12.1 Å². The van der Waals surface area contributed by atoms with Crippen molar-refractivity contribution in [2.75, 3.05) is 32.7 Å². The number of hydrogen-bond acceptors (Lipinski definition) is 12. The third-order valence-corrected chi connectivity index (χ3v) is 11.6. The zero-order chi connectivity index (χ0) is 39.7. The number of nitriles is 1. The number of anilines is 1. The van der Waals surface area contributed by atoms with Crippen LogP contribution in [0.5, 0.6) is 11.5 Å². The molecule has 0 aliphatic heterocycles. The van der Waals surface area contributed by atoms with Crippen LogP contribution in [0.3, 0.4) is 0 Å². The Morgan fingerprint density at radius 3 is 2.07 bits per heavy atom. The molecule has 1 unspecified atom stereocenters. The summed E-state index contributed by atoms with van der Waals surface area (Å²) in [6, 6.07) is 30.4. The average molecular weight is 775 g/mol. The lowest BCUT2D eigenvalue weighted by Gasteiger charge is -2.39. The predicted octanol–water partition coefficient (Wildman–Crippen LogP) is 7.02. The van der Waals surface area contributed by atoms with Crippen LogP contribution < -0.4 is 14.7 Å². The summed E-state index contributed by atoms with van der Waals surface area (Å²) in [5, 5.41) is 13.3. The maximum absolute atomic E-state index is 9.42. The molecule has 0 saturated carbocycles. The van der Waals surface area contributed by atoms with E-state index in [9.17, 15) is 5.26 Å². The van der Waals surface area contributed by atoms with Gasteiger partial charge in [-0.05, 0) is 74.7 Å². The van der Waals surface area contributed by atoms with Crippen molar-refractivity contribution in [3.05, 3.63) is 114 Å². The molecule has 0 bridgehead atoms. The minimum absolute atomic E-state index is 0.0925. The van der Waals surface area contributed by atoms with E-state index in [0.29, 0.717) is 29.2 Å². The van der Waals surface area contributed by atoms with Gasteiger partial charge in [-0.3, -0.25) is 0 Å². The van der Waals surface area contributed by atoms with Crippen LogP contribution in [0.25, 0.3) is 22.2 Å². The molecule has 2 atom stereocenters. The van der Waals surface area contributed by atoms with Crippen molar-refractivity contribution in [3.63, 3.8) is 0 Å². The van der Waals surface area contributed by atoms with E-state index >= 15 is 0 Å².